The molecule has 32 heavy (non-hydrogen) atoms. The standard InChI is InChI=1S/C23H20Cl2N4O3/c1-13-26-12-21(31-13)16-7-5-14(10-20(16)30-2)22-27-28-23-19(4-3-9-29(22)23)32-15-6-8-17(24)18(25)11-15/h5-8,10-12,19H,3-4,9H2,1-2H3. The van der Waals surface area contributed by atoms with Gasteiger partial charge in [-0.05, 0) is 37.1 Å². The second-order valence-electron chi connectivity index (χ2n) is 7.52. The second kappa shape index (κ2) is 8.48. The average molecular weight is 471 g/mol. The molecule has 1 aliphatic rings. The first-order valence-corrected chi connectivity index (χ1v) is 10.9. The number of oxazole rings is 1. The number of ether oxygens (including phenoxy) is 2. The summed E-state index contributed by atoms with van der Waals surface area (Å²) in [6.07, 6.45) is 3.25. The first kappa shape index (κ1) is 20.8. The van der Waals surface area contributed by atoms with Crippen molar-refractivity contribution < 1.29 is 13.9 Å². The van der Waals surface area contributed by atoms with E-state index < -0.39 is 0 Å². The van der Waals surface area contributed by atoms with Gasteiger partial charge in [-0.1, -0.05) is 29.3 Å². The Balaban J connectivity index is 1.47. The largest absolute Gasteiger partial charge is 0.496 e. The minimum absolute atomic E-state index is 0.222. The Labute approximate surface area is 194 Å². The van der Waals surface area contributed by atoms with E-state index in [-0.39, 0.29) is 6.10 Å². The van der Waals surface area contributed by atoms with Gasteiger partial charge in [-0.15, -0.1) is 10.2 Å². The van der Waals surface area contributed by atoms with E-state index in [4.69, 9.17) is 37.1 Å². The van der Waals surface area contributed by atoms with E-state index in [0.29, 0.717) is 33.2 Å². The van der Waals surface area contributed by atoms with Crippen LogP contribution < -0.4 is 9.47 Å². The molecule has 0 bridgehead atoms. The third-order valence-corrected chi connectivity index (χ3v) is 6.17. The highest BCUT2D eigenvalue weighted by Crippen LogP contribution is 2.37. The highest BCUT2D eigenvalue weighted by molar-refractivity contribution is 6.42. The number of halogens is 2. The highest BCUT2D eigenvalue weighted by Gasteiger charge is 2.28. The normalized spacial score (nSPS) is 15.4. The summed E-state index contributed by atoms with van der Waals surface area (Å²) >= 11 is 12.2. The fourth-order valence-corrected chi connectivity index (χ4v) is 4.19. The Hall–Kier alpha value is -3.03. The van der Waals surface area contributed by atoms with Crippen LogP contribution in [-0.2, 0) is 6.54 Å². The number of benzene rings is 2. The fraction of sp³-hybridized carbons (Fsp3) is 0.261. The van der Waals surface area contributed by atoms with Crippen molar-refractivity contribution >= 4 is 23.2 Å². The second-order valence-corrected chi connectivity index (χ2v) is 8.33. The summed E-state index contributed by atoms with van der Waals surface area (Å²) in [5.41, 5.74) is 1.73. The van der Waals surface area contributed by atoms with Crippen molar-refractivity contribution in [1.82, 2.24) is 19.7 Å². The average Bonchev–Trinajstić information content (AvgIpc) is 3.43. The molecule has 0 aliphatic carbocycles. The van der Waals surface area contributed by atoms with E-state index in [1.54, 1.807) is 31.5 Å². The molecule has 2 aromatic carbocycles. The zero-order chi connectivity index (χ0) is 22.2. The van der Waals surface area contributed by atoms with Crippen molar-refractivity contribution in [3.63, 3.8) is 0 Å². The van der Waals surface area contributed by atoms with Crippen molar-refractivity contribution in [2.75, 3.05) is 7.11 Å². The molecule has 0 spiro atoms. The number of rotatable bonds is 5. The molecule has 0 saturated heterocycles. The molecule has 0 N–H and O–H groups in total. The van der Waals surface area contributed by atoms with Gasteiger partial charge in [0.2, 0.25) is 0 Å². The summed E-state index contributed by atoms with van der Waals surface area (Å²) in [5, 5.41) is 9.86. The lowest BCUT2D eigenvalue weighted by Crippen LogP contribution is -2.21. The molecule has 0 saturated carbocycles. The van der Waals surface area contributed by atoms with Crippen LogP contribution in [0.3, 0.4) is 0 Å². The van der Waals surface area contributed by atoms with Crippen molar-refractivity contribution in [2.24, 2.45) is 0 Å². The molecule has 3 heterocycles. The van der Waals surface area contributed by atoms with Gasteiger partial charge in [0.1, 0.15) is 11.5 Å². The number of hydrogen-bond acceptors (Lipinski definition) is 6. The van der Waals surface area contributed by atoms with Gasteiger partial charge in [0.15, 0.2) is 29.4 Å². The molecule has 2 aromatic heterocycles. The van der Waals surface area contributed by atoms with E-state index in [1.165, 1.54) is 0 Å². The van der Waals surface area contributed by atoms with Crippen molar-refractivity contribution in [1.29, 1.82) is 0 Å². The van der Waals surface area contributed by atoms with Crippen LogP contribution in [0.15, 0.2) is 47.0 Å². The van der Waals surface area contributed by atoms with Crippen LogP contribution in [0.1, 0.15) is 30.7 Å². The lowest BCUT2D eigenvalue weighted by Gasteiger charge is -2.24. The molecule has 1 unspecified atom stereocenters. The van der Waals surface area contributed by atoms with E-state index in [1.807, 2.05) is 25.1 Å². The zero-order valence-corrected chi connectivity index (χ0v) is 19.0. The molecule has 0 radical (unpaired) electrons. The quantitative estimate of drug-likeness (QED) is 0.348. The number of nitrogens with zero attached hydrogens (tertiary/aromatic N) is 4. The Kier molecular flexibility index (Phi) is 5.53. The van der Waals surface area contributed by atoms with Gasteiger partial charge in [0.05, 0.1) is 28.9 Å². The molecular weight excluding hydrogens is 451 g/mol. The van der Waals surface area contributed by atoms with Gasteiger partial charge >= 0.3 is 0 Å². The molecule has 1 aliphatic heterocycles. The lowest BCUT2D eigenvalue weighted by molar-refractivity contribution is 0.159. The number of methoxy groups -OCH3 is 1. The van der Waals surface area contributed by atoms with Gasteiger partial charge in [0, 0.05) is 25.1 Å². The lowest BCUT2D eigenvalue weighted by atomic mass is 10.1. The van der Waals surface area contributed by atoms with E-state index >= 15 is 0 Å². The Morgan fingerprint density at radius 3 is 2.72 bits per heavy atom. The molecule has 164 valence electrons. The van der Waals surface area contributed by atoms with Gasteiger partial charge < -0.3 is 18.5 Å². The SMILES string of the molecule is COc1cc(-c2nnc3n2CCCC3Oc2ccc(Cl)c(Cl)c2)ccc1-c1cnc(C)o1. The highest BCUT2D eigenvalue weighted by atomic mass is 35.5. The van der Waals surface area contributed by atoms with Crippen molar-refractivity contribution in [3.05, 3.63) is 64.4 Å². The number of aryl methyl sites for hydroxylation is 1. The van der Waals surface area contributed by atoms with Crippen LogP contribution in [0.2, 0.25) is 10.0 Å². The summed E-state index contributed by atoms with van der Waals surface area (Å²) in [7, 11) is 1.63. The maximum absolute atomic E-state index is 6.18. The molecular formula is C23H20Cl2N4O3. The van der Waals surface area contributed by atoms with Crippen LogP contribution >= 0.6 is 23.2 Å². The van der Waals surface area contributed by atoms with E-state index in [9.17, 15) is 0 Å². The molecule has 9 heteroatoms. The van der Waals surface area contributed by atoms with Gasteiger partial charge in [-0.25, -0.2) is 4.98 Å². The van der Waals surface area contributed by atoms with Crippen LogP contribution in [-0.4, -0.2) is 26.9 Å². The number of hydrogen-bond donors (Lipinski definition) is 0. The molecule has 4 aromatic rings. The minimum Gasteiger partial charge on any atom is -0.496 e. The van der Waals surface area contributed by atoms with E-state index in [0.717, 1.165) is 42.2 Å². The first-order valence-electron chi connectivity index (χ1n) is 10.2. The predicted octanol–water partition coefficient (Wildman–Crippen LogP) is 6.14. The Morgan fingerprint density at radius 1 is 1.09 bits per heavy atom. The molecule has 1 atom stereocenters. The maximum atomic E-state index is 6.18. The van der Waals surface area contributed by atoms with Crippen LogP contribution in [0.25, 0.3) is 22.7 Å². The predicted molar refractivity (Wildman–Crippen MR) is 121 cm³/mol. The Bertz CT molecular complexity index is 1280. The summed E-state index contributed by atoms with van der Waals surface area (Å²) in [6, 6.07) is 11.1. The monoisotopic (exact) mass is 470 g/mol. The van der Waals surface area contributed by atoms with E-state index in [2.05, 4.69) is 19.7 Å². The minimum atomic E-state index is -0.222. The van der Waals surface area contributed by atoms with Gasteiger partial charge in [0.25, 0.3) is 0 Å². The molecule has 0 amide bonds. The number of aromatic nitrogens is 4. The third-order valence-electron chi connectivity index (χ3n) is 5.43. The van der Waals surface area contributed by atoms with Crippen LogP contribution in [0, 0.1) is 6.92 Å². The van der Waals surface area contributed by atoms with Crippen molar-refractivity contribution in [3.8, 4) is 34.2 Å². The van der Waals surface area contributed by atoms with Gasteiger partial charge in [-0.2, -0.15) is 0 Å². The molecule has 0 fully saturated rings. The number of fused-ring (bicyclic) bond motifs is 1. The summed E-state index contributed by atoms with van der Waals surface area (Å²) < 4.78 is 19.6. The zero-order valence-electron chi connectivity index (χ0n) is 17.5. The first-order chi connectivity index (χ1) is 15.5. The third kappa shape index (κ3) is 3.82. The summed E-state index contributed by atoms with van der Waals surface area (Å²) in [4.78, 5) is 4.17. The fourth-order valence-electron chi connectivity index (χ4n) is 3.90. The topological polar surface area (TPSA) is 75.2 Å². The van der Waals surface area contributed by atoms with Crippen LogP contribution in [0.4, 0.5) is 0 Å². The molecule has 5 rings (SSSR count). The summed E-state index contributed by atoms with van der Waals surface area (Å²) in [6.45, 7) is 2.62. The molecule has 7 nitrogen and oxygen atoms in total. The maximum Gasteiger partial charge on any atom is 0.191 e. The Morgan fingerprint density at radius 2 is 1.97 bits per heavy atom. The van der Waals surface area contributed by atoms with Crippen molar-refractivity contribution in [2.45, 2.75) is 32.4 Å². The summed E-state index contributed by atoms with van der Waals surface area (Å²) in [5.74, 6) is 4.13. The van der Waals surface area contributed by atoms with Crippen LogP contribution in [0.5, 0.6) is 11.5 Å². The smallest absolute Gasteiger partial charge is 0.191 e. The van der Waals surface area contributed by atoms with Gasteiger partial charge in [-0.3, -0.25) is 0 Å².